The number of ether oxygens (including phenoxy) is 2. The summed E-state index contributed by atoms with van der Waals surface area (Å²) in [7, 11) is 1.55. The molecule has 0 bridgehead atoms. The highest BCUT2D eigenvalue weighted by Gasteiger charge is 2.34. The summed E-state index contributed by atoms with van der Waals surface area (Å²) >= 11 is 0. The van der Waals surface area contributed by atoms with Gasteiger partial charge in [-0.2, -0.15) is 0 Å². The molecule has 12 heteroatoms. The molecule has 3 heterocycles. The van der Waals surface area contributed by atoms with Crippen LogP contribution in [-0.2, 0) is 9.47 Å². The van der Waals surface area contributed by atoms with E-state index in [9.17, 15) is 14.7 Å². The number of hydrogen-bond acceptors (Lipinski definition) is 8. The number of amides is 3. The molecule has 0 atom stereocenters. The zero-order valence-corrected chi connectivity index (χ0v) is 22.1. The summed E-state index contributed by atoms with van der Waals surface area (Å²) in [6, 6.07) is 6.81. The van der Waals surface area contributed by atoms with Crippen molar-refractivity contribution in [3.63, 3.8) is 0 Å². The first kappa shape index (κ1) is 27.1. The highest BCUT2D eigenvalue weighted by Crippen LogP contribution is 2.34. The van der Waals surface area contributed by atoms with E-state index in [-0.39, 0.29) is 29.9 Å². The molecule has 204 valence electrons. The van der Waals surface area contributed by atoms with Crippen LogP contribution < -0.4 is 20.9 Å². The predicted octanol–water partition coefficient (Wildman–Crippen LogP) is 1.24. The van der Waals surface area contributed by atoms with E-state index in [1.165, 1.54) is 0 Å². The Kier molecular flexibility index (Phi) is 8.62. The molecule has 2 aliphatic rings. The number of hydrogen-bond donors (Lipinski definition) is 4. The van der Waals surface area contributed by atoms with Gasteiger partial charge in [0, 0.05) is 50.4 Å². The van der Waals surface area contributed by atoms with Crippen molar-refractivity contribution in [2.24, 2.45) is 5.92 Å². The van der Waals surface area contributed by atoms with Gasteiger partial charge in [-0.25, -0.2) is 19.6 Å². The van der Waals surface area contributed by atoms with Gasteiger partial charge in [-0.3, -0.25) is 5.41 Å². The van der Waals surface area contributed by atoms with Crippen molar-refractivity contribution in [1.29, 1.82) is 0 Å². The molecule has 1 aromatic heterocycles. The van der Waals surface area contributed by atoms with Gasteiger partial charge in [-0.05, 0) is 51.0 Å². The van der Waals surface area contributed by atoms with Crippen molar-refractivity contribution in [2.45, 2.75) is 32.8 Å². The maximum absolute atomic E-state index is 12.3. The molecule has 2 aliphatic heterocycles. The topological polar surface area (TPSA) is 155 Å². The zero-order chi connectivity index (χ0) is 27.2. The number of rotatable bonds is 6. The fourth-order valence-corrected chi connectivity index (χ4v) is 4.51. The first-order chi connectivity index (χ1) is 18.3. The second-order valence-electron chi connectivity index (χ2n) is 9.60. The lowest BCUT2D eigenvalue weighted by molar-refractivity contribution is -0.120. The predicted molar refractivity (Wildman–Crippen MR) is 142 cm³/mol. The first-order valence-electron chi connectivity index (χ1n) is 12.9. The molecule has 0 spiro atoms. The minimum Gasteiger partial charge on any atom is -0.503 e. The van der Waals surface area contributed by atoms with E-state index < -0.39 is 0 Å². The molecular weight excluding hydrogens is 490 g/mol. The first-order valence-corrected chi connectivity index (χ1v) is 12.9. The average molecular weight is 527 g/mol. The second-order valence-corrected chi connectivity index (χ2v) is 9.60. The fraction of sp³-hybridized carbons (Fsp3) is 0.500. The smallest absolute Gasteiger partial charge is 0.410 e. The number of nitrogens with one attached hydrogen (secondary N) is 2. The monoisotopic (exact) mass is 526 g/mol. The van der Waals surface area contributed by atoms with Gasteiger partial charge in [0.2, 0.25) is 5.71 Å². The minimum absolute atomic E-state index is 0.0623. The van der Waals surface area contributed by atoms with Crippen LogP contribution in [0.2, 0.25) is 0 Å². The highest BCUT2D eigenvalue weighted by atomic mass is 16.6. The molecule has 12 nitrogen and oxygen atoms in total. The second kappa shape index (κ2) is 12.1. The maximum atomic E-state index is 12.3. The standard InChI is InChI=1S/C26H35N7O5/c1-16(2)38-26(36)33-10-8-17(9-11-33)20(27)21-22(34)24(32-12-14-37-15-13-32)31-23(30-21)18-4-6-19(7-5-18)29-25(35)28-3/h4-7,16-17,27,34H,8-15H2,1-3H3,(H2,28,29,35)/p+1. The summed E-state index contributed by atoms with van der Waals surface area (Å²) in [6.07, 6.45) is 0.753. The lowest BCUT2D eigenvalue weighted by atomic mass is 9.90. The van der Waals surface area contributed by atoms with Crippen LogP contribution >= 0.6 is 0 Å². The molecule has 38 heavy (non-hydrogen) atoms. The van der Waals surface area contributed by atoms with Crippen LogP contribution in [0.1, 0.15) is 32.4 Å². The molecule has 2 aromatic rings. The molecule has 4 rings (SSSR count). The number of aromatic nitrogens is 2. The quantitative estimate of drug-likeness (QED) is 0.410. The molecule has 2 saturated heterocycles. The van der Waals surface area contributed by atoms with Gasteiger partial charge in [-0.1, -0.05) is 0 Å². The Bertz CT molecular complexity index is 1160. The Labute approximate surface area is 221 Å². The van der Waals surface area contributed by atoms with Crippen molar-refractivity contribution < 1.29 is 29.6 Å². The Balaban J connectivity index is 1.60. The number of morpholine rings is 1. The van der Waals surface area contributed by atoms with Crippen LogP contribution in [0.25, 0.3) is 11.4 Å². The molecule has 5 N–H and O–H groups in total. The Morgan fingerprint density at radius 2 is 1.76 bits per heavy atom. The van der Waals surface area contributed by atoms with Crippen molar-refractivity contribution >= 4 is 29.3 Å². The number of nitrogens with zero attached hydrogens (tertiary/aromatic N) is 4. The fourth-order valence-electron chi connectivity index (χ4n) is 4.51. The number of carbonyl (C=O) groups excluding carboxylic acids is 2. The van der Waals surface area contributed by atoms with Crippen molar-refractivity contribution in [3.05, 3.63) is 30.0 Å². The van der Waals surface area contributed by atoms with E-state index in [0.29, 0.717) is 86.5 Å². The number of anilines is 2. The van der Waals surface area contributed by atoms with Gasteiger partial charge < -0.3 is 35.0 Å². The summed E-state index contributed by atoms with van der Waals surface area (Å²) in [5, 5.41) is 23.2. The number of nitrogens with two attached hydrogens (primary N) is 1. The van der Waals surface area contributed by atoms with E-state index in [0.717, 1.165) is 0 Å². The number of urea groups is 1. The molecule has 1 aromatic carbocycles. The summed E-state index contributed by atoms with van der Waals surface area (Å²) < 4.78 is 10.8. The highest BCUT2D eigenvalue weighted by molar-refractivity contribution is 6.00. The van der Waals surface area contributed by atoms with E-state index in [1.807, 2.05) is 18.7 Å². The molecule has 0 aliphatic carbocycles. The average Bonchev–Trinajstić information content (AvgIpc) is 2.93. The van der Waals surface area contributed by atoms with Crippen LogP contribution in [0.5, 0.6) is 5.75 Å². The summed E-state index contributed by atoms with van der Waals surface area (Å²) in [6.45, 7) is 6.87. The summed E-state index contributed by atoms with van der Waals surface area (Å²) in [5.74, 6) is 0.685. The van der Waals surface area contributed by atoms with Crippen LogP contribution in [0.15, 0.2) is 24.3 Å². The van der Waals surface area contributed by atoms with E-state index in [1.54, 1.807) is 36.2 Å². The third kappa shape index (κ3) is 6.31. The van der Waals surface area contributed by atoms with Crippen molar-refractivity contribution in [1.82, 2.24) is 20.2 Å². The summed E-state index contributed by atoms with van der Waals surface area (Å²) in [5.41, 5.74) is 2.10. The van der Waals surface area contributed by atoms with Gasteiger partial charge in [-0.15, -0.1) is 0 Å². The van der Waals surface area contributed by atoms with E-state index in [4.69, 9.17) is 19.9 Å². The minimum atomic E-state index is -0.326. The number of piperidine rings is 1. The lowest BCUT2D eigenvalue weighted by Crippen LogP contribution is -2.50. The van der Waals surface area contributed by atoms with Gasteiger partial charge in [0.15, 0.2) is 23.1 Å². The molecular formula is C26H36N7O5+. The Morgan fingerprint density at radius 3 is 2.37 bits per heavy atom. The molecule has 3 amide bonds. The van der Waals surface area contributed by atoms with E-state index >= 15 is 0 Å². The van der Waals surface area contributed by atoms with Gasteiger partial charge >= 0.3 is 12.1 Å². The number of aromatic hydroxyl groups is 1. The van der Waals surface area contributed by atoms with Crippen LogP contribution in [0.3, 0.4) is 0 Å². The number of benzene rings is 1. The SMILES string of the molecule is CNC(=O)Nc1ccc(-c2nc(C(=[NH2+])C3CCN(C(=O)OC(C)C)CC3)c(O)c(N3CCOCC3)n2)cc1. The number of likely N-dealkylation sites (tertiary alicyclic amines) is 1. The molecule has 0 radical (unpaired) electrons. The van der Waals surface area contributed by atoms with Crippen molar-refractivity contribution in [2.75, 3.05) is 56.7 Å². The summed E-state index contributed by atoms with van der Waals surface area (Å²) in [4.78, 5) is 37.0. The molecule has 0 unspecified atom stereocenters. The molecule has 0 saturated carbocycles. The largest absolute Gasteiger partial charge is 0.503 e. The Morgan fingerprint density at radius 1 is 1.11 bits per heavy atom. The zero-order valence-electron chi connectivity index (χ0n) is 22.1. The third-order valence-corrected chi connectivity index (χ3v) is 6.61. The van der Waals surface area contributed by atoms with Gasteiger partial charge in [0.25, 0.3) is 0 Å². The number of carbonyl (C=O) groups is 2. The van der Waals surface area contributed by atoms with Gasteiger partial charge in [0.05, 0.1) is 19.3 Å². The van der Waals surface area contributed by atoms with Crippen LogP contribution in [-0.4, -0.2) is 90.4 Å². The Hall–Kier alpha value is -3.93. The lowest BCUT2D eigenvalue weighted by Gasteiger charge is -2.31. The van der Waals surface area contributed by atoms with E-state index in [2.05, 4.69) is 15.6 Å². The third-order valence-electron chi connectivity index (χ3n) is 6.61. The maximum Gasteiger partial charge on any atom is 0.410 e. The van der Waals surface area contributed by atoms with Crippen LogP contribution in [0, 0.1) is 5.92 Å². The normalized spacial score (nSPS) is 16.3. The van der Waals surface area contributed by atoms with Gasteiger partial charge in [0.1, 0.15) is 0 Å². The van der Waals surface area contributed by atoms with Crippen LogP contribution in [0.4, 0.5) is 21.1 Å². The molecule has 2 fully saturated rings. The van der Waals surface area contributed by atoms with Crippen molar-refractivity contribution in [3.8, 4) is 17.1 Å².